The molecule has 0 aromatic heterocycles. The van der Waals surface area contributed by atoms with Crippen molar-refractivity contribution in [2.75, 3.05) is 13.1 Å². The van der Waals surface area contributed by atoms with E-state index in [2.05, 4.69) is 10.7 Å². The van der Waals surface area contributed by atoms with Crippen LogP contribution in [0.2, 0.25) is 0 Å². The molecular formula is C16H20ClN2O2+. The largest absolute Gasteiger partial charge is 0.358 e. The molecule has 21 heavy (non-hydrogen) atoms. The fourth-order valence-electron chi connectivity index (χ4n) is 2.40. The first-order valence-electron chi connectivity index (χ1n) is 7.32. The monoisotopic (exact) mass is 307 g/mol. The molecule has 0 spiro atoms. The predicted octanol–water partition coefficient (Wildman–Crippen LogP) is 1.92. The van der Waals surface area contributed by atoms with Gasteiger partial charge in [-0.15, -0.1) is 11.6 Å². The average Bonchev–Trinajstić information content (AvgIpc) is 2.51. The van der Waals surface area contributed by atoms with Crippen LogP contribution in [0.4, 0.5) is 0 Å². The number of benzene rings is 1. The Morgan fingerprint density at radius 2 is 1.71 bits per heavy atom. The molecule has 5 heteroatoms. The van der Waals surface area contributed by atoms with Crippen LogP contribution in [0.3, 0.4) is 0 Å². The number of carbonyl (C=O) groups is 2. The zero-order valence-electron chi connectivity index (χ0n) is 12.0. The molecule has 1 aliphatic rings. The van der Waals surface area contributed by atoms with E-state index in [9.17, 15) is 9.59 Å². The van der Waals surface area contributed by atoms with Crippen LogP contribution in [-0.2, 0) is 0 Å². The molecule has 0 aliphatic heterocycles. The van der Waals surface area contributed by atoms with Crippen molar-refractivity contribution in [3.05, 3.63) is 35.4 Å². The van der Waals surface area contributed by atoms with Gasteiger partial charge in [0.2, 0.25) is 5.78 Å². The molecule has 0 amide bonds. The van der Waals surface area contributed by atoms with Crippen LogP contribution >= 0.6 is 11.6 Å². The summed E-state index contributed by atoms with van der Waals surface area (Å²) in [6.45, 7) is 1.49. The highest BCUT2D eigenvalue weighted by Crippen LogP contribution is 2.23. The Morgan fingerprint density at radius 3 is 2.43 bits per heavy atom. The molecule has 0 bridgehead atoms. The summed E-state index contributed by atoms with van der Waals surface area (Å²) in [4.78, 5) is 28.8. The minimum absolute atomic E-state index is 0.192. The number of nitrogens with zero attached hydrogens (tertiary/aromatic N) is 1. The number of ketones is 2. The summed E-state index contributed by atoms with van der Waals surface area (Å²) in [6, 6.07) is 6.77. The highest BCUT2D eigenvalue weighted by Gasteiger charge is 2.36. The van der Waals surface area contributed by atoms with Crippen molar-refractivity contribution in [3.8, 4) is 0 Å². The van der Waals surface area contributed by atoms with E-state index >= 15 is 0 Å². The molecular weight excluding hydrogens is 288 g/mol. The molecule has 1 unspecified atom stereocenters. The van der Waals surface area contributed by atoms with Gasteiger partial charge in [0, 0.05) is 17.7 Å². The molecule has 0 saturated carbocycles. The molecule has 3 N–H and O–H groups in total. The van der Waals surface area contributed by atoms with Crippen molar-refractivity contribution in [3.63, 3.8) is 0 Å². The minimum atomic E-state index is -0.952. The predicted molar refractivity (Wildman–Crippen MR) is 83.3 cm³/mol. The maximum absolute atomic E-state index is 12.4. The summed E-state index contributed by atoms with van der Waals surface area (Å²) in [5, 5.41) is -0.952. The normalized spacial score (nSPS) is 19.9. The van der Waals surface area contributed by atoms with Gasteiger partial charge in [0.15, 0.2) is 5.78 Å². The van der Waals surface area contributed by atoms with Gasteiger partial charge in [-0.2, -0.15) is 0 Å². The van der Waals surface area contributed by atoms with Crippen molar-refractivity contribution < 1.29 is 15.3 Å². The number of unbranched alkanes of at least 4 members (excludes halogenated alkanes) is 3. The lowest BCUT2D eigenvalue weighted by molar-refractivity contribution is -0.368. The third-order valence-electron chi connectivity index (χ3n) is 3.58. The van der Waals surface area contributed by atoms with Gasteiger partial charge in [-0.3, -0.25) is 14.6 Å². The van der Waals surface area contributed by atoms with Gasteiger partial charge in [-0.1, -0.05) is 30.7 Å². The van der Waals surface area contributed by atoms with E-state index in [1.54, 1.807) is 24.3 Å². The number of hydrogen-bond donors (Lipinski definition) is 1. The Labute approximate surface area is 129 Å². The third kappa shape index (κ3) is 3.57. The Morgan fingerprint density at radius 1 is 1.05 bits per heavy atom. The lowest BCUT2D eigenvalue weighted by atomic mass is 9.88. The van der Waals surface area contributed by atoms with E-state index in [1.165, 1.54) is 0 Å². The maximum atomic E-state index is 12.4. The third-order valence-corrected chi connectivity index (χ3v) is 3.99. The summed E-state index contributed by atoms with van der Waals surface area (Å²) < 4.78 is 0. The van der Waals surface area contributed by atoms with Gasteiger partial charge in [0.25, 0.3) is 0 Å². The number of aliphatic imine (C=N–C) groups is 1. The van der Waals surface area contributed by atoms with Gasteiger partial charge in [0.05, 0.1) is 6.54 Å². The molecule has 0 saturated heterocycles. The smallest absolute Gasteiger partial charge is 0.209 e. The first-order chi connectivity index (χ1) is 10.2. The maximum Gasteiger partial charge on any atom is 0.209 e. The van der Waals surface area contributed by atoms with E-state index < -0.39 is 5.38 Å². The van der Waals surface area contributed by atoms with Crippen molar-refractivity contribution in [1.82, 2.24) is 0 Å². The van der Waals surface area contributed by atoms with Crippen LogP contribution in [0, 0.1) is 0 Å². The van der Waals surface area contributed by atoms with Crippen molar-refractivity contribution >= 4 is 28.9 Å². The number of hydrogen-bond acceptors (Lipinski definition) is 3. The van der Waals surface area contributed by atoms with Crippen LogP contribution < -0.4 is 5.73 Å². The second-order valence-corrected chi connectivity index (χ2v) is 5.57. The van der Waals surface area contributed by atoms with E-state index in [-0.39, 0.29) is 17.3 Å². The van der Waals surface area contributed by atoms with Crippen LogP contribution in [0.5, 0.6) is 0 Å². The summed E-state index contributed by atoms with van der Waals surface area (Å²) in [5.41, 5.74) is 4.80. The van der Waals surface area contributed by atoms with E-state index in [1.807, 2.05) is 0 Å². The standard InChI is InChI=1S/C16H19ClN2O2/c17-13-14(19-10-6-2-1-5-9-18)16(21)12-8-4-3-7-11(12)15(13)20/h3-4,7-8,13H,1-2,5-6,9-10,18H2/p+1. The Kier molecular flexibility index (Phi) is 5.65. The molecule has 1 aromatic carbocycles. The summed E-state index contributed by atoms with van der Waals surface area (Å²) in [7, 11) is 0. The second kappa shape index (κ2) is 7.48. The lowest BCUT2D eigenvalue weighted by Gasteiger charge is -2.19. The molecule has 1 aromatic rings. The highest BCUT2D eigenvalue weighted by molar-refractivity contribution is 6.64. The van der Waals surface area contributed by atoms with Gasteiger partial charge in [-0.25, -0.2) is 0 Å². The zero-order valence-corrected chi connectivity index (χ0v) is 12.7. The molecule has 0 radical (unpaired) electrons. The van der Waals surface area contributed by atoms with Crippen molar-refractivity contribution in [2.24, 2.45) is 4.99 Å². The number of halogens is 1. The fraction of sp³-hybridized carbons (Fsp3) is 0.438. The lowest BCUT2D eigenvalue weighted by Crippen LogP contribution is -2.50. The molecule has 4 nitrogen and oxygen atoms in total. The van der Waals surface area contributed by atoms with Crippen molar-refractivity contribution in [1.29, 1.82) is 0 Å². The number of carbonyl (C=O) groups excluding carboxylic acids is 2. The zero-order chi connectivity index (χ0) is 15.2. The van der Waals surface area contributed by atoms with E-state index in [0.29, 0.717) is 17.7 Å². The average molecular weight is 308 g/mol. The second-order valence-electron chi connectivity index (χ2n) is 5.14. The van der Waals surface area contributed by atoms with Gasteiger partial charge >= 0.3 is 0 Å². The quantitative estimate of drug-likeness (QED) is 0.644. The molecule has 0 fully saturated rings. The Bertz CT molecular complexity index is 569. The van der Waals surface area contributed by atoms with Crippen LogP contribution in [-0.4, -0.2) is 35.7 Å². The number of quaternary nitrogens is 1. The van der Waals surface area contributed by atoms with Crippen LogP contribution in [0.1, 0.15) is 46.4 Å². The van der Waals surface area contributed by atoms with Crippen molar-refractivity contribution in [2.45, 2.75) is 31.1 Å². The minimum Gasteiger partial charge on any atom is -0.358 e. The van der Waals surface area contributed by atoms with Gasteiger partial charge in [0.1, 0.15) is 11.1 Å². The number of Topliss-reactive ketones (excluding diaryl/α,β-unsaturated/α-hetero) is 2. The summed E-state index contributed by atoms with van der Waals surface area (Å²) in [5.74, 6) is -0.453. The molecule has 112 valence electrons. The Balaban J connectivity index is 2.07. The first kappa shape index (κ1) is 15.9. The molecule has 1 aliphatic carbocycles. The summed E-state index contributed by atoms with van der Waals surface area (Å²) >= 11 is 6.11. The van der Waals surface area contributed by atoms with Gasteiger partial charge in [-0.05, 0) is 19.3 Å². The molecule has 2 rings (SSSR count). The first-order valence-corrected chi connectivity index (χ1v) is 7.76. The topological polar surface area (TPSA) is 74.1 Å². The molecule has 0 heterocycles. The highest BCUT2D eigenvalue weighted by atomic mass is 35.5. The molecule has 1 atom stereocenters. The number of alkyl halides is 1. The van der Waals surface area contributed by atoms with E-state index in [0.717, 1.165) is 32.2 Å². The Hall–Kier alpha value is -1.52. The SMILES string of the molecule is [NH3+]CCCCCCN=C1C(=O)c2ccccc2C(=O)C1Cl. The fourth-order valence-corrected chi connectivity index (χ4v) is 2.69. The number of rotatable bonds is 6. The van der Waals surface area contributed by atoms with Gasteiger partial charge < -0.3 is 5.73 Å². The number of fused-ring (bicyclic) bond motifs is 1. The van der Waals surface area contributed by atoms with E-state index in [4.69, 9.17) is 11.6 Å². The van der Waals surface area contributed by atoms with Crippen LogP contribution in [0.25, 0.3) is 0 Å². The summed E-state index contributed by atoms with van der Waals surface area (Å²) in [6.07, 6.45) is 4.18. The van der Waals surface area contributed by atoms with Crippen LogP contribution in [0.15, 0.2) is 29.3 Å².